The first kappa shape index (κ1) is 24.6. The van der Waals surface area contributed by atoms with Gasteiger partial charge in [0.1, 0.15) is 0 Å². The lowest BCUT2D eigenvalue weighted by atomic mass is 9.94. The zero-order valence-corrected chi connectivity index (χ0v) is 21.9. The fraction of sp³-hybridized carbons (Fsp3) is 0.387. The van der Waals surface area contributed by atoms with Crippen molar-refractivity contribution in [1.82, 2.24) is 19.7 Å². The Hall–Kier alpha value is -3.71. The molecule has 1 saturated heterocycles. The third kappa shape index (κ3) is 5.43. The lowest BCUT2D eigenvalue weighted by molar-refractivity contribution is -0.116. The van der Waals surface area contributed by atoms with Gasteiger partial charge in [-0.2, -0.15) is 0 Å². The van der Waals surface area contributed by atoms with Gasteiger partial charge in [0.25, 0.3) is 0 Å². The number of benzene rings is 2. The third-order valence-electron chi connectivity index (χ3n) is 8.03. The molecule has 4 aromatic rings. The Balaban J connectivity index is 1.14. The molecule has 196 valence electrons. The second kappa shape index (κ2) is 11.4. The van der Waals surface area contributed by atoms with Gasteiger partial charge < -0.3 is 10.2 Å². The lowest BCUT2D eigenvalue weighted by Crippen LogP contribution is -2.51. The predicted molar refractivity (Wildman–Crippen MR) is 153 cm³/mol. The van der Waals surface area contributed by atoms with Gasteiger partial charge in [0.15, 0.2) is 5.82 Å². The molecule has 2 fully saturated rings. The first-order valence-electron chi connectivity index (χ1n) is 14.0. The minimum absolute atomic E-state index is 0.000738. The predicted octanol–water partition coefficient (Wildman–Crippen LogP) is 5.45. The highest BCUT2D eigenvalue weighted by Gasteiger charge is 2.27. The molecule has 1 aliphatic carbocycles. The van der Waals surface area contributed by atoms with Gasteiger partial charge in [-0.3, -0.25) is 14.7 Å². The summed E-state index contributed by atoms with van der Waals surface area (Å²) in [5.41, 5.74) is 3.95. The number of aryl methyl sites for hydroxylation is 1. The number of nitrogens with one attached hydrogen (secondary N) is 1. The fourth-order valence-electron chi connectivity index (χ4n) is 5.94. The van der Waals surface area contributed by atoms with E-state index in [2.05, 4.69) is 44.4 Å². The van der Waals surface area contributed by atoms with E-state index in [0.717, 1.165) is 60.5 Å². The van der Waals surface area contributed by atoms with Crippen LogP contribution in [-0.2, 0) is 11.2 Å². The number of carbonyl (C=O) groups is 1. The number of nitrogens with zero attached hydrogens (tertiary/aromatic N) is 5. The molecule has 0 spiro atoms. The largest absolute Gasteiger partial charge is 0.352 e. The van der Waals surface area contributed by atoms with Crippen LogP contribution in [-0.4, -0.2) is 57.8 Å². The van der Waals surface area contributed by atoms with E-state index in [1.54, 1.807) is 12.4 Å². The van der Waals surface area contributed by atoms with E-state index >= 15 is 0 Å². The van der Waals surface area contributed by atoms with Crippen molar-refractivity contribution in [3.8, 4) is 5.69 Å². The monoisotopic (exact) mass is 508 g/mol. The molecule has 0 unspecified atom stereocenters. The number of hydrogen-bond acceptors (Lipinski definition) is 5. The van der Waals surface area contributed by atoms with Crippen molar-refractivity contribution in [2.45, 2.75) is 51.0 Å². The van der Waals surface area contributed by atoms with Crippen LogP contribution >= 0.6 is 0 Å². The Morgan fingerprint density at radius 1 is 0.895 bits per heavy atom. The zero-order valence-electron chi connectivity index (χ0n) is 21.9. The molecule has 0 bridgehead atoms. The van der Waals surface area contributed by atoms with Crippen molar-refractivity contribution in [2.24, 2.45) is 0 Å². The summed E-state index contributed by atoms with van der Waals surface area (Å²) < 4.78 is 2.03. The number of hydrogen-bond donors (Lipinski definition) is 1. The Morgan fingerprint density at radius 2 is 1.68 bits per heavy atom. The van der Waals surface area contributed by atoms with E-state index in [0.29, 0.717) is 12.8 Å². The first-order valence-corrected chi connectivity index (χ1v) is 14.0. The van der Waals surface area contributed by atoms with E-state index in [1.807, 2.05) is 41.1 Å². The van der Waals surface area contributed by atoms with Gasteiger partial charge in [-0.1, -0.05) is 37.5 Å². The normalized spacial score (nSPS) is 17.1. The molecule has 2 aliphatic rings. The minimum atomic E-state index is 0.000738. The average molecular weight is 509 g/mol. The van der Waals surface area contributed by atoms with E-state index in [-0.39, 0.29) is 5.91 Å². The summed E-state index contributed by atoms with van der Waals surface area (Å²) >= 11 is 0. The van der Waals surface area contributed by atoms with Crippen LogP contribution in [0.3, 0.4) is 0 Å². The Labute approximate surface area is 224 Å². The standard InChI is InChI=1S/C31H36N6O/c38-30(17-12-24-7-6-18-32-23-24)33-25-13-15-27(16-14-25)37-29-11-5-4-10-28(29)31(34-37)36-21-19-35(20-22-36)26-8-2-1-3-9-26/h4-7,10-11,13-16,18,23,26H,1-3,8-9,12,17,19-22H2,(H,33,38). The number of amides is 1. The maximum atomic E-state index is 12.5. The number of aromatic nitrogens is 3. The maximum Gasteiger partial charge on any atom is 0.224 e. The van der Waals surface area contributed by atoms with Gasteiger partial charge >= 0.3 is 0 Å². The molecule has 3 heterocycles. The van der Waals surface area contributed by atoms with Crippen molar-refractivity contribution in [2.75, 3.05) is 36.4 Å². The zero-order chi connectivity index (χ0) is 25.7. The number of para-hydroxylation sites is 1. The molecule has 0 atom stereocenters. The molecule has 6 rings (SSSR count). The van der Waals surface area contributed by atoms with E-state index < -0.39 is 0 Å². The first-order chi connectivity index (χ1) is 18.7. The highest BCUT2D eigenvalue weighted by atomic mass is 16.1. The molecule has 1 amide bonds. The molecule has 1 aliphatic heterocycles. The second-order valence-electron chi connectivity index (χ2n) is 10.5. The van der Waals surface area contributed by atoms with Gasteiger partial charge in [0.2, 0.25) is 5.91 Å². The van der Waals surface area contributed by atoms with Crippen molar-refractivity contribution >= 4 is 28.3 Å². The maximum absolute atomic E-state index is 12.5. The van der Waals surface area contributed by atoms with Gasteiger partial charge in [0, 0.05) is 62.1 Å². The van der Waals surface area contributed by atoms with Crippen molar-refractivity contribution in [1.29, 1.82) is 0 Å². The number of fused-ring (bicyclic) bond motifs is 1. The topological polar surface area (TPSA) is 66.3 Å². The number of anilines is 2. The molecule has 7 heteroatoms. The SMILES string of the molecule is O=C(CCc1cccnc1)Nc1ccc(-n2nc(N3CCN(C4CCCCC4)CC3)c3ccccc32)cc1. The van der Waals surface area contributed by atoms with Gasteiger partial charge in [-0.05, 0) is 67.3 Å². The number of piperazine rings is 1. The molecule has 38 heavy (non-hydrogen) atoms. The molecular formula is C31H36N6O. The fourth-order valence-corrected chi connectivity index (χ4v) is 5.94. The van der Waals surface area contributed by atoms with Crippen LogP contribution in [0.15, 0.2) is 73.1 Å². The van der Waals surface area contributed by atoms with Crippen LogP contribution in [0.4, 0.5) is 11.5 Å². The Kier molecular flexibility index (Phi) is 7.36. The highest BCUT2D eigenvalue weighted by Crippen LogP contribution is 2.31. The highest BCUT2D eigenvalue weighted by molar-refractivity contribution is 5.92. The minimum Gasteiger partial charge on any atom is -0.352 e. The second-order valence-corrected chi connectivity index (χ2v) is 10.5. The van der Waals surface area contributed by atoms with Crippen LogP contribution in [0.1, 0.15) is 44.1 Å². The number of pyridine rings is 1. The molecule has 2 aromatic heterocycles. The molecule has 2 aromatic carbocycles. The summed E-state index contributed by atoms with van der Waals surface area (Å²) in [6.45, 7) is 4.26. The van der Waals surface area contributed by atoms with E-state index in [1.165, 1.54) is 37.5 Å². The van der Waals surface area contributed by atoms with Crippen LogP contribution in [0, 0.1) is 0 Å². The molecule has 7 nitrogen and oxygen atoms in total. The summed E-state index contributed by atoms with van der Waals surface area (Å²) in [5, 5.41) is 9.31. The smallest absolute Gasteiger partial charge is 0.224 e. The molecular weight excluding hydrogens is 472 g/mol. The molecule has 1 saturated carbocycles. The van der Waals surface area contributed by atoms with Crippen LogP contribution in [0.5, 0.6) is 0 Å². The summed E-state index contributed by atoms with van der Waals surface area (Å²) in [5.74, 6) is 1.07. The summed E-state index contributed by atoms with van der Waals surface area (Å²) in [4.78, 5) is 21.7. The Bertz CT molecular complexity index is 1350. The van der Waals surface area contributed by atoms with Crippen molar-refractivity contribution < 1.29 is 4.79 Å². The van der Waals surface area contributed by atoms with Gasteiger partial charge in [0.05, 0.1) is 11.2 Å². The van der Waals surface area contributed by atoms with Gasteiger partial charge in [-0.25, -0.2) is 4.68 Å². The van der Waals surface area contributed by atoms with Crippen LogP contribution in [0.25, 0.3) is 16.6 Å². The Morgan fingerprint density at radius 3 is 2.45 bits per heavy atom. The van der Waals surface area contributed by atoms with Crippen molar-refractivity contribution in [3.05, 3.63) is 78.6 Å². The molecule has 0 radical (unpaired) electrons. The summed E-state index contributed by atoms with van der Waals surface area (Å²) in [6, 6.07) is 21.1. The number of carbonyl (C=O) groups excluding carboxylic acids is 1. The van der Waals surface area contributed by atoms with Crippen molar-refractivity contribution in [3.63, 3.8) is 0 Å². The number of rotatable bonds is 7. The van der Waals surface area contributed by atoms with Crippen LogP contribution < -0.4 is 10.2 Å². The summed E-state index contributed by atoms with van der Waals surface area (Å²) in [6.07, 6.45) is 11.5. The van der Waals surface area contributed by atoms with Gasteiger partial charge in [-0.15, -0.1) is 5.10 Å². The third-order valence-corrected chi connectivity index (χ3v) is 8.03. The van der Waals surface area contributed by atoms with Crippen LogP contribution in [0.2, 0.25) is 0 Å². The molecule has 1 N–H and O–H groups in total. The average Bonchev–Trinajstić information content (AvgIpc) is 3.37. The lowest BCUT2D eigenvalue weighted by Gasteiger charge is -2.41. The summed E-state index contributed by atoms with van der Waals surface area (Å²) in [7, 11) is 0. The van der Waals surface area contributed by atoms with E-state index in [4.69, 9.17) is 5.10 Å². The van der Waals surface area contributed by atoms with E-state index in [9.17, 15) is 4.79 Å². The quantitative estimate of drug-likeness (QED) is 0.360.